The number of anilines is 1. The van der Waals surface area contributed by atoms with E-state index in [9.17, 15) is 14.4 Å². The second-order valence-electron chi connectivity index (χ2n) is 4.62. The first-order valence-corrected chi connectivity index (χ1v) is 7.29. The van der Waals surface area contributed by atoms with Crippen molar-refractivity contribution in [2.45, 2.75) is 6.92 Å². The maximum Gasteiger partial charge on any atom is 0.377 e. The molecule has 0 aromatic heterocycles. The van der Waals surface area contributed by atoms with E-state index in [2.05, 4.69) is 5.32 Å². The fourth-order valence-electron chi connectivity index (χ4n) is 1.78. The Hall–Kier alpha value is -3.03. The van der Waals surface area contributed by atoms with Crippen molar-refractivity contribution in [1.29, 1.82) is 0 Å². The summed E-state index contributed by atoms with van der Waals surface area (Å²) < 4.78 is 19.6. The second kappa shape index (κ2) is 8.56. The normalized spacial score (nSPS) is 13.0. The lowest BCUT2D eigenvalue weighted by molar-refractivity contribution is -0.148. The molecule has 0 bridgehead atoms. The predicted octanol–water partition coefficient (Wildman–Crippen LogP) is 1.23. The Kier molecular flexibility index (Phi) is 6.18. The molecule has 8 heteroatoms. The van der Waals surface area contributed by atoms with Gasteiger partial charge in [-0.05, 0) is 31.2 Å². The molecule has 2 rings (SSSR count). The summed E-state index contributed by atoms with van der Waals surface area (Å²) in [6.45, 7) is 2.14. The predicted molar refractivity (Wildman–Crippen MR) is 82.0 cm³/mol. The van der Waals surface area contributed by atoms with Gasteiger partial charge in [-0.2, -0.15) is 0 Å². The minimum Gasteiger partial charge on any atom is -0.493 e. The number of ether oxygens (including phenoxy) is 4. The molecule has 1 amide bonds. The van der Waals surface area contributed by atoms with Crippen LogP contribution in [-0.2, 0) is 28.5 Å². The van der Waals surface area contributed by atoms with Crippen molar-refractivity contribution in [2.75, 3.05) is 31.7 Å². The quantitative estimate of drug-likeness (QED) is 0.780. The van der Waals surface area contributed by atoms with E-state index < -0.39 is 24.5 Å². The van der Waals surface area contributed by atoms with Crippen LogP contribution in [0.4, 0.5) is 5.69 Å². The van der Waals surface area contributed by atoms with Crippen molar-refractivity contribution >= 4 is 23.5 Å². The zero-order valence-corrected chi connectivity index (χ0v) is 13.1. The Morgan fingerprint density at radius 3 is 2.46 bits per heavy atom. The molecular formula is C16H17NO7. The average molecular weight is 335 g/mol. The standard InChI is InChI=1S/C16H17NO7/c1-2-22-15(19)11-3-5-12(6-4-11)17-14(18)10-24-16(20)13-9-21-7-8-23-13/h3-6,9H,2,7-8,10H2,1H3,(H,17,18). The zero-order valence-electron chi connectivity index (χ0n) is 13.1. The Labute approximate surface area is 138 Å². The van der Waals surface area contributed by atoms with E-state index in [1.165, 1.54) is 12.1 Å². The average Bonchev–Trinajstić information content (AvgIpc) is 2.61. The molecule has 0 radical (unpaired) electrons. The van der Waals surface area contributed by atoms with Crippen molar-refractivity contribution in [3.63, 3.8) is 0 Å². The van der Waals surface area contributed by atoms with Gasteiger partial charge < -0.3 is 24.3 Å². The molecule has 0 saturated carbocycles. The second-order valence-corrected chi connectivity index (χ2v) is 4.62. The van der Waals surface area contributed by atoms with E-state index in [1.807, 2.05) is 0 Å². The lowest BCUT2D eigenvalue weighted by Crippen LogP contribution is -2.23. The van der Waals surface area contributed by atoms with Crippen LogP contribution in [0, 0.1) is 0 Å². The summed E-state index contributed by atoms with van der Waals surface area (Å²) in [7, 11) is 0. The third-order valence-electron chi connectivity index (χ3n) is 2.86. The first-order chi connectivity index (χ1) is 11.6. The number of carbonyl (C=O) groups is 3. The van der Waals surface area contributed by atoms with Crippen molar-refractivity contribution in [1.82, 2.24) is 0 Å². The van der Waals surface area contributed by atoms with Crippen molar-refractivity contribution < 1.29 is 33.3 Å². The molecule has 1 aromatic carbocycles. The number of nitrogens with one attached hydrogen (secondary N) is 1. The number of esters is 2. The molecule has 1 aliphatic rings. The van der Waals surface area contributed by atoms with Crippen LogP contribution in [0.2, 0.25) is 0 Å². The Morgan fingerprint density at radius 1 is 1.08 bits per heavy atom. The maximum atomic E-state index is 11.7. The number of hydrogen-bond donors (Lipinski definition) is 1. The van der Waals surface area contributed by atoms with Crippen LogP contribution in [0.5, 0.6) is 0 Å². The van der Waals surface area contributed by atoms with E-state index in [4.69, 9.17) is 18.9 Å². The highest BCUT2D eigenvalue weighted by molar-refractivity contribution is 5.95. The van der Waals surface area contributed by atoms with Gasteiger partial charge in [-0.15, -0.1) is 0 Å². The van der Waals surface area contributed by atoms with Gasteiger partial charge in [-0.3, -0.25) is 4.79 Å². The van der Waals surface area contributed by atoms with Crippen LogP contribution in [0.15, 0.2) is 36.3 Å². The number of amides is 1. The number of carbonyl (C=O) groups excluding carboxylic acids is 3. The summed E-state index contributed by atoms with van der Waals surface area (Å²) >= 11 is 0. The smallest absolute Gasteiger partial charge is 0.377 e. The summed E-state index contributed by atoms with van der Waals surface area (Å²) in [4.78, 5) is 34.9. The van der Waals surface area contributed by atoms with Gasteiger partial charge in [0.15, 0.2) is 6.61 Å². The molecule has 24 heavy (non-hydrogen) atoms. The van der Waals surface area contributed by atoms with Crippen molar-refractivity contribution in [3.05, 3.63) is 41.9 Å². The SMILES string of the molecule is CCOC(=O)c1ccc(NC(=O)COC(=O)C2=COCCO2)cc1. The molecular weight excluding hydrogens is 318 g/mol. The molecule has 0 aliphatic carbocycles. The summed E-state index contributed by atoms with van der Waals surface area (Å²) in [6.07, 6.45) is 1.15. The van der Waals surface area contributed by atoms with Gasteiger partial charge in [0.1, 0.15) is 19.5 Å². The summed E-state index contributed by atoms with van der Waals surface area (Å²) in [5.41, 5.74) is 0.836. The molecule has 0 unspecified atom stereocenters. The number of benzene rings is 1. The van der Waals surface area contributed by atoms with Crippen LogP contribution in [0.25, 0.3) is 0 Å². The minimum atomic E-state index is -0.775. The van der Waals surface area contributed by atoms with Gasteiger partial charge in [-0.1, -0.05) is 0 Å². The summed E-state index contributed by atoms with van der Waals surface area (Å²) in [5.74, 6) is -1.81. The molecule has 1 aliphatic heterocycles. The molecule has 1 aromatic rings. The van der Waals surface area contributed by atoms with Crippen LogP contribution in [0.3, 0.4) is 0 Å². The first-order valence-electron chi connectivity index (χ1n) is 7.29. The van der Waals surface area contributed by atoms with Gasteiger partial charge in [0.25, 0.3) is 5.91 Å². The van der Waals surface area contributed by atoms with Crippen LogP contribution in [0.1, 0.15) is 17.3 Å². The van der Waals surface area contributed by atoms with E-state index in [0.29, 0.717) is 17.9 Å². The highest BCUT2D eigenvalue weighted by Gasteiger charge is 2.18. The molecule has 0 saturated heterocycles. The molecule has 0 atom stereocenters. The molecule has 1 heterocycles. The van der Waals surface area contributed by atoms with Crippen molar-refractivity contribution in [3.8, 4) is 0 Å². The molecule has 0 spiro atoms. The lowest BCUT2D eigenvalue weighted by atomic mass is 10.2. The third-order valence-corrected chi connectivity index (χ3v) is 2.86. The van der Waals surface area contributed by atoms with Crippen LogP contribution in [-0.4, -0.2) is 44.3 Å². The van der Waals surface area contributed by atoms with E-state index in [0.717, 1.165) is 6.26 Å². The zero-order chi connectivity index (χ0) is 17.4. The first kappa shape index (κ1) is 17.3. The van der Waals surface area contributed by atoms with Gasteiger partial charge >= 0.3 is 11.9 Å². The van der Waals surface area contributed by atoms with E-state index in [1.54, 1.807) is 19.1 Å². The highest BCUT2D eigenvalue weighted by Crippen LogP contribution is 2.11. The Morgan fingerprint density at radius 2 is 1.83 bits per heavy atom. The van der Waals surface area contributed by atoms with E-state index in [-0.39, 0.29) is 19.0 Å². The minimum absolute atomic E-state index is 0.0761. The molecule has 0 fully saturated rings. The van der Waals surface area contributed by atoms with Crippen molar-refractivity contribution in [2.24, 2.45) is 0 Å². The topological polar surface area (TPSA) is 100 Å². The fourth-order valence-corrected chi connectivity index (χ4v) is 1.78. The molecule has 128 valence electrons. The van der Waals surface area contributed by atoms with Gasteiger partial charge in [-0.25, -0.2) is 9.59 Å². The molecule has 8 nitrogen and oxygen atoms in total. The molecule has 1 N–H and O–H groups in total. The summed E-state index contributed by atoms with van der Waals surface area (Å²) in [5, 5.41) is 2.54. The summed E-state index contributed by atoms with van der Waals surface area (Å²) in [6, 6.07) is 6.15. The fraction of sp³-hybridized carbons (Fsp3) is 0.312. The van der Waals surface area contributed by atoms with Gasteiger partial charge in [0.2, 0.25) is 5.76 Å². The highest BCUT2D eigenvalue weighted by atomic mass is 16.6. The monoisotopic (exact) mass is 335 g/mol. The Bertz CT molecular complexity index is 636. The third kappa shape index (κ3) is 5.01. The number of rotatable bonds is 6. The van der Waals surface area contributed by atoms with Crippen LogP contribution >= 0.6 is 0 Å². The van der Waals surface area contributed by atoms with Gasteiger partial charge in [0, 0.05) is 5.69 Å². The number of hydrogen-bond acceptors (Lipinski definition) is 7. The largest absolute Gasteiger partial charge is 0.493 e. The maximum absolute atomic E-state index is 11.7. The lowest BCUT2D eigenvalue weighted by Gasteiger charge is -2.14. The van der Waals surface area contributed by atoms with Gasteiger partial charge in [0.05, 0.1) is 12.2 Å². The van der Waals surface area contributed by atoms with Crippen LogP contribution < -0.4 is 5.32 Å². The van der Waals surface area contributed by atoms with E-state index >= 15 is 0 Å². The Balaban J connectivity index is 1.80.